The van der Waals surface area contributed by atoms with E-state index in [4.69, 9.17) is 0 Å². The summed E-state index contributed by atoms with van der Waals surface area (Å²) in [6.45, 7) is 7.99. The van der Waals surface area contributed by atoms with Crippen molar-refractivity contribution >= 4 is 27.5 Å². The number of anilines is 1. The van der Waals surface area contributed by atoms with E-state index in [-0.39, 0.29) is 19.0 Å². The van der Waals surface area contributed by atoms with Gasteiger partial charge in [-0.2, -0.15) is 0 Å². The van der Waals surface area contributed by atoms with Crippen molar-refractivity contribution in [2.75, 3.05) is 23.7 Å². The summed E-state index contributed by atoms with van der Waals surface area (Å²) in [4.78, 5) is 27.9. The molecule has 7 nitrogen and oxygen atoms in total. The quantitative estimate of drug-likeness (QED) is 0.542. The van der Waals surface area contributed by atoms with E-state index >= 15 is 0 Å². The Kier molecular flexibility index (Phi) is 9.46. The molecule has 0 unspecified atom stereocenters. The van der Waals surface area contributed by atoms with E-state index in [0.717, 1.165) is 33.7 Å². The lowest BCUT2D eigenvalue weighted by atomic mass is 10.1. The lowest BCUT2D eigenvalue weighted by molar-refractivity contribution is -0.140. The SMILES string of the molecule is CCCNC(=O)[C@H](CC)N(Cc1ccc(C)cc1)C(=O)CN(c1cccc(C)c1)S(C)(=O)=O. The van der Waals surface area contributed by atoms with Gasteiger partial charge in [-0.3, -0.25) is 13.9 Å². The molecule has 33 heavy (non-hydrogen) atoms. The van der Waals surface area contributed by atoms with E-state index < -0.39 is 22.0 Å². The molecule has 0 saturated heterocycles. The van der Waals surface area contributed by atoms with Crippen molar-refractivity contribution in [2.24, 2.45) is 0 Å². The van der Waals surface area contributed by atoms with Crippen molar-refractivity contribution in [3.05, 3.63) is 65.2 Å². The van der Waals surface area contributed by atoms with Gasteiger partial charge in [0.25, 0.3) is 0 Å². The second kappa shape index (κ2) is 11.8. The number of benzene rings is 2. The van der Waals surface area contributed by atoms with Crippen LogP contribution in [-0.4, -0.2) is 50.5 Å². The van der Waals surface area contributed by atoms with Crippen LogP contribution in [0.4, 0.5) is 5.69 Å². The fourth-order valence-corrected chi connectivity index (χ4v) is 4.41. The largest absolute Gasteiger partial charge is 0.354 e. The lowest BCUT2D eigenvalue weighted by Gasteiger charge is -2.33. The summed E-state index contributed by atoms with van der Waals surface area (Å²) in [6, 6.07) is 14.0. The summed E-state index contributed by atoms with van der Waals surface area (Å²) >= 11 is 0. The molecule has 2 amide bonds. The van der Waals surface area contributed by atoms with Gasteiger partial charge < -0.3 is 10.2 Å². The maximum absolute atomic E-state index is 13.5. The topological polar surface area (TPSA) is 86.8 Å². The third-order valence-electron chi connectivity index (χ3n) is 5.38. The van der Waals surface area contributed by atoms with Gasteiger partial charge in [0.15, 0.2) is 0 Å². The summed E-state index contributed by atoms with van der Waals surface area (Å²) in [6.07, 6.45) is 2.28. The zero-order chi connectivity index (χ0) is 24.6. The number of carbonyl (C=O) groups is 2. The van der Waals surface area contributed by atoms with Crippen LogP contribution in [0, 0.1) is 13.8 Å². The third kappa shape index (κ3) is 7.60. The minimum Gasteiger partial charge on any atom is -0.354 e. The van der Waals surface area contributed by atoms with Gasteiger partial charge >= 0.3 is 0 Å². The van der Waals surface area contributed by atoms with E-state index in [1.807, 2.05) is 58.0 Å². The number of amides is 2. The number of hydrogen-bond acceptors (Lipinski definition) is 4. The number of rotatable bonds is 11. The molecule has 1 N–H and O–H groups in total. The predicted octanol–water partition coefficient (Wildman–Crippen LogP) is 3.40. The van der Waals surface area contributed by atoms with E-state index in [0.29, 0.717) is 18.7 Å². The number of nitrogens with one attached hydrogen (secondary N) is 1. The highest BCUT2D eigenvalue weighted by atomic mass is 32.2. The Morgan fingerprint density at radius 3 is 2.21 bits per heavy atom. The van der Waals surface area contributed by atoms with Gasteiger partial charge in [-0.05, 0) is 49.9 Å². The second-order valence-electron chi connectivity index (χ2n) is 8.33. The van der Waals surface area contributed by atoms with Crippen LogP contribution in [-0.2, 0) is 26.2 Å². The molecule has 2 aromatic rings. The van der Waals surface area contributed by atoms with Gasteiger partial charge in [0.1, 0.15) is 12.6 Å². The van der Waals surface area contributed by atoms with Crippen molar-refractivity contribution in [1.29, 1.82) is 0 Å². The van der Waals surface area contributed by atoms with Crippen LogP contribution in [0.5, 0.6) is 0 Å². The first kappa shape index (κ1) is 26.4. The summed E-state index contributed by atoms with van der Waals surface area (Å²) in [7, 11) is -3.72. The van der Waals surface area contributed by atoms with Gasteiger partial charge in [0, 0.05) is 13.1 Å². The zero-order valence-electron chi connectivity index (χ0n) is 20.2. The van der Waals surface area contributed by atoms with E-state index in [9.17, 15) is 18.0 Å². The van der Waals surface area contributed by atoms with E-state index in [1.54, 1.807) is 18.2 Å². The standard InChI is InChI=1S/C25H35N3O4S/c1-6-15-26-25(30)23(7-2)27(17-21-13-11-19(3)12-14-21)24(29)18-28(33(5,31)32)22-10-8-9-20(4)16-22/h8-14,16,23H,6-7,15,17-18H2,1-5H3,(H,26,30)/t23-/m0/s1. The molecule has 0 aliphatic rings. The van der Waals surface area contributed by atoms with Crippen LogP contribution in [0.25, 0.3) is 0 Å². The smallest absolute Gasteiger partial charge is 0.244 e. The molecule has 1 atom stereocenters. The van der Waals surface area contributed by atoms with Crippen molar-refractivity contribution in [2.45, 2.75) is 53.1 Å². The maximum atomic E-state index is 13.5. The Morgan fingerprint density at radius 1 is 1.00 bits per heavy atom. The molecule has 0 aliphatic carbocycles. The average Bonchev–Trinajstić information content (AvgIpc) is 2.76. The first-order chi connectivity index (χ1) is 15.6. The molecule has 0 aromatic heterocycles. The Balaban J connectivity index is 2.41. The maximum Gasteiger partial charge on any atom is 0.244 e. The number of sulfonamides is 1. The third-order valence-corrected chi connectivity index (χ3v) is 6.52. The van der Waals surface area contributed by atoms with Crippen LogP contribution < -0.4 is 9.62 Å². The number of carbonyl (C=O) groups excluding carboxylic acids is 2. The normalized spacial score (nSPS) is 12.2. The number of aryl methyl sites for hydroxylation is 2. The van der Waals surface area contributed by atoms with Crippen LogP contribution >= 0.6 is 0 Å². The molecule has 0 fully saturated rings. The highest BCUT2D eigenvalue weighted by molar-refractivity contribution is 7.92. The Bertz CT molecular complexity index is 1050. The summed E-state index contributed by atoms with van der Waals surface area (Å²) in [5.41, 5.74) is 3.27. The zero-order valence-corrected chi connectivity index (χ0v) is 21.0. The summed E-state index contributed by atoms with van der Waals surface area (Å²) in [5, 5.41) is 2.87. The fraction of sp³-hybridized carbons (Fsp3) is 0.440. The predicted molar refractivity (Wildman–Crippen MR) is 132 cm³/mol. The molecule has 180 valence electrons. The Morgan fingerprint density at radius 2 is 1.67 bits per heavy atom. The molecule has 0 saturated carbocycles. The van der Waals surface area contributed by atoms with Crippen LogP contribution in [0.2, 0.25) is 0 Å². The van der Waals surface area contributed by atoms with Gasteiger partial charge in [0.2, 0.25) is 21.8 Å². The van der Waals surface area contributed by atoms with E-state index in [2.05, 4.69) is 5.32 Å². The molecule has 8 heteroatoms. The first-order valence-corrected chi connectivity index (χ1v) is 13.1. The van der Waals surface area contributed by atoms with Crippen molar-refractivity contribution in [3.8, 4) is 0 Å². The summed E-state index contributed by atoms with van der Waals surface area (Å²) in [5.74, 6) is -0.665. The van der Waals surface area contributed by atoms with Gasteiger partial charge in [0.05, 0.1) is 11.9 Å². The molecule has 0 spiro atoms. The Hall–Kier alpha value is -2.87. The van der Waals surface area contributed by atoms with Crippen LogP contribution in [0.1, 0.15) is 43.4 Å². The molecule has 2 rings (SSSR count). The highest BCUT2D eigenvalue weighted by Crippen LogP contribution is 2.21. The molecule has 0 heterocycles. The van der Waals surface area contributed by atoms with Gasteiger partial charge in [-0.25, -0.2) is 8.42 Å². The minimum atomic E-state index is -3.72. The minimum absolute atomic E-state index is 0.211. The second-order valence-corrected chi connectivity index (χ2v) is 10.2. The molecule has 2 aromatic carbocycles. The van der Waals surface area contributed by atoms with Crippen LogP contribution in [0.15, 0.2) is 48.5 Å². The first-order valence-electron chi connectivity index (χ1n) is 11.2. The van der Waals surface area contributed by atoms with Gasteiger partial charge in [-0.15, -0.1) is 0 Å². The number of hydrogen-bond donors (Lipinski definition) is 1. The van der Waals surface area contributed by atoms with Gasteiger partial charge in [-0.1, -0.05) is 55.8 Å². The van der Waals surface area contributed by atoms with Crippen molar-refractivity contribution in [3.63, 3.8) is 0 Å². The van der Waals surface area contributed by atoms with Crippen LogP contribution in [0.3, 0.4) is 0 Å². The summed E-state index contributed by atoms with van der Waals surface area (Å²) < 4.78 is 26.3. The molecule has 0 aliphatic heterocycles. The monoisotopic (exact) mass is 473 g/mol. The molecule has 0 radical (unpaired) electrons. The van der Waals surface area contributed by atoms with Crippen molar-refractivity contribution in [1.82, 2.24) is 10.2 Å². The van der Waals surface area contributed by atoms with Crippen molar-refractivity contribution < 1.29 is 18.0 Å². The average molecular weight is 474 g/mol. The molecular formula is C25H35N3O4S. The highest BCUT2D eigenvalue weighted by Gasteiger charge is 2.31. The Labute approximate surface area is 197 Å². The molecular weight excluding hydrogens is 438 g/mol. The lowest BCUT2D eigenvalue weighted by Crippen LogP contribution is -2.52. The fourth-order valence-electron chi connectivity index (χ4n) is 3.57. The number of nitrogens with zero attached hydrogens (tertiary/aromatic N) is 2. The van der Waals surface area contributed by atoms with E-state index in [1.165, 1.54) is 4.90 Å². The molecule has 0 bridgehead atoms.